The van der Waals surface area contributed by atoms with Crippen LogP contribution in [0.25, 0.3) is 0 Å². The molecule has 1 fully saturated rings. The topological polar surface area (TPSA) is 66.0 Å². The first-order valence-corrected chi connectivity index (χ1v) is 8.86. The fourth-order valence-corrected chi connectivity index (χ4v) is 2.88. The molecular weight excluding hydrogens is 344 g/mol. The lowest BCUT2D eigenvalue weighted by Crippen LogP contribution is -2.36. The second kappa shape index (κ2) is 8.18. The average molecular weight is 368 g/mol. The molecule has 0 N–H and O–H groups in total. The smallest absolute Gasteiger partial charge is 0.258 e. The van der Waals surface area contributed by atoms with Crippen LogP contribution in [0, 0.1) is 0 Å². The fourth-order valence-electron chi connectivity index (χ4n) is 2.88. The summed E-state index contributed by atoms with van der Waals surface area (Å²) in [6.07, 6.45) is 1.70. The van der Waals surface area contributed by atoms with E-state index in [1.165, 1.54) is 4.90 Å². The Hall–Kier alpha value is -2.93. The van der Waals surface area contributed by atoms with E-state index in [1.54, 1.807) is 56.5 Å². The molecule has 1 aliphatic rings. The monoisotopic (exact) mass is 368 g/mol. The minimum absolute atomic E-state index is 0.0924. The van der Waals surface area contributed by atoms with Crippen LogP contribution in [-0.4, -0.2) is 69.1 Å². The summed E-state index contributed by atoms with van der Waals surface area (Å²) in [5.41, 5.74) is 1.78. The van der Waals surface area contributed by atoms with Gasteiger partial charge >= 0.3 is 0 Å². The lowest BCUT2D eigenvalue weighted by molar-refractivity contribution is 0.0827. The SMILES string of the molecule is CN(C)C(=O)c1ccc(C(=O)N(C)c2ccc(N3CCOCC3)nc2)cc1. The largest absolute Gasteiger partial charge is 0.378 e. The number of rotatable bonds is 4. The first kappa shape index (κ1) is 18.8. The Morgan fingerprint density at radius 3 is 2.04 bits per heavy atom. The van der Waals surface area contributed by atoms with E-state index in [9.17, 15) is 9.59 Å². The van der Waals surface area contributed by atoms with Crippen LogP contribution in [0.3, 0.4) is 0 Å². The van der Waals surface area contributed by atoms with Crippen molar-refractivity contribution in [2.24, 2.45) is 0 Å². The summed E-state index contributed by atoms with van der Waals surface area (Å²) in [6, 6.07) is 10.5. The highest BCUT2D eigenvalue weighted by Crippen LogP contribution is 2.19. The predicted octanol–water partition coefficient (Wildman–Crippen LogP) is 1.90. The first-order valence-electron chi connectivity index (χ1n) is 8.86. The Labute approximate surface area is 159 Å². The standard InChI is InChI=1S/C20H24N4O3/c1-22(2)19(25)15-4-6-16(7-5-15)20(26)23(3)17-8-9-18(21-14-17)24-10-12-27-13-11-24/h4-9,14H,10-13H2,1-3H3. The molecular formula is C20H24N4O3. The number of nitrogens with zero attached hydrogens (tertiary/aromatic N) is 4. The summed E-state index contributed by atoms with van der Waals surface area (Å²) in [5.74, 6) is 0.638. The van der Waals surface area contributed by atoms with Crippen LogP contribution in [0.15, 0.2) is 42.6 Å². The summed E-state index contributed by atoms with van der Waals surface area (Å²) in [6.45, 7) is 3.04. The highest BCUT2D eigenvalue weighted by atomic mass is 16.5. The Balaban J connectivity index is 1.70. The van der Waals surface area contributed by atoms with Crippen LogP contribution >= 0.6 is 0 Å². The molecule has 7 heteroatoms. The summed E-state index contributed by atoms with van der Waals surface area (Å²) >= 11 is 0. The highest BCUT2D eigenvalue weighted by Gasteiger charge is 2.17. The van der Waals surface area contributed by atoms with E-state index >= 15 is 0 Å². The maximum atomic E-state index is 12.7. The summed E-state index contributed by atoms with van der Waals surface area (Å²) < 4.78 is 5.35. The maximum Gasteiger partial charge on any atom is 0.258 e. The van der Waals surface area contributed by atoms with Gasteiger partial charge in [-0.15, -0.1) is 0 Å². The van der Waals surface area contributed by atoms with Crippen LogP contribution in [0.5, 0.6) is 0 Å². The molecule has 142 valence electrons. The van der Waals surface area contributed by atoms with Crippen molar-refractivity contribution in [1.82, 2.24) is 9.88 Å². The first-order chi connectivity index (χ1) is 13.0. The normalized spacial score (nSPS) is 14.0. The second-order valence-corrected chi connectivity index (χ2v) is 6.62. The van der Waals surface area contributed by atoms with Gasteiger partial charge in [-0.05, 0) is 36.4 Å². The van der Waals surface area contributed by atoms with Gasteiger partial charge in [0.1, 0.15) is 5.82 Å². The molecule has 1 saturated heterocycles. The van der Waals surface area contributed by atoms with E-state index in [1.807, 2.05) is 12.1 Å². The van der Waals surface area contributed by atoms with Crippen molar-refractivity contribution in [2.75, 3.05) is 57.2 Å². The lowest BCUT2D eigenvalue weighted by atomic mass is 10.1. The Morgan fingerprint density at radius 1 is 0.926 bits per heavy atom. The van der Waals surface area contributed by atoms with E-state index in [2.05, 4.69) is 9.88 Å². The minimum Gasteiger partial charge on any atom is -0.378 e. The van der Waals surface area contributed by atoms with Crippen molar-refractivity contribution in [3.8, 4) is 0 Å². The van der Waals surface area contributed by atoms with Crippen molar-refractivity contribution >= 4 is 23.3 Å². The van der Waals surface area contributed by atoms with Crippen molar-refractivity contribution in [3.05, 3.63) is 53.7 Å². The molecule has 3 rings (SSSR count). The molecule has 0 aliphatic carbocycles. The van der Waals surface area contributed by atoms with Gasteiger partial charge in [0.05, 0.1) is 25.1 Å². The van der Waals surface area contributed by atoms with Crippen LogP contribution in [0.1, 0.15) is 20.7 Å². The number of carbonyl (C=O) groups excluding carboxylic acids is 2. The number of benzene rings is 1. The number of morpholine rings is 1. The Morgan fingerprint density at radius 2 is 1.52 bits per heavy atom. The summed E-state index contributed by atoms with van der Waals surface area (Å²) in [7, 11) is 5.11. The number of hydrogen-bond donors (Lipinski definition) is 0. The van der Waals surface area contributed by atoms with Gasteiger partial charge in [-0.25, -0.2) is 4.98 Å². The summed E-state index contributed by atoms with van der Waals surface area (Å²) in [5, 5.41) is 0. The molecule has 0 spiro atoms. The molecule has 7 nitrogen and oxygen atoms in total. The molecule has 0 unspecified atom stereocenters. The number of aromatic nitrogens is 1. The molecule has 2 amide bonds. The van der Waals surface area contributed by atoms with Crippen molar-refractivity contribution in [2.45, 2.75) is 0 Å². The molecule has 0 bridgehead atoms. The highest BCUT2D eigenvalue weighted by molar-refractivity contribution is 6.06. The molecule has 1 aromatic carbocycles. The molecule has 27 heavy (non-hydrogen) atoms. The number of amides is 2. The molecule has 0 atom stereocenters. The van der Waals surface area contributed by atoms with E-state index < -0.39 is 0 Å². The van der Waals surface area contributed by atoms with E-state index in [0.717, 1.165) is 18.9 Å². The Bertz CT molecular complexity index is 797. The quantitative estimate of drug-likeness (QED) is 0.825. The zero-order valence-electron chi connectivity index (χ0n) is 15.9. The van der Waals surface area contributed by atoms with Gasteiger partial charge in [0.25, 0.3) is 11.8 Å². The van der Waals surface area contributed by atoms with Crippen LogP contribution in [0.2, 0.25) is 0 Å². The van der Waals surface area contributed by atoms with Gasteiger partial charge in [-0.1, -0.05) is 0 Å². The van der Waals surface area contributed by atoms with Gasteiger partial charge in [0.2, 0.25) is 0 Å². The zero-order chi connectivity index (χ0) is 19.4. The van der Waals surface area contributed by atoms with Gasteiger partial charge in [0, 0.05) is 45.4 Å². The molecule has 1 aromatic heterocycles. The number of carbonyl (C=O) groups is 2. The number of ether oxygens (including phenoxy) is 1. The van der Waals surface area contributed by atoms with Crippen molar-refractivity contribution in [1.29, 1.82) is 0 Å². The number of pyridine rings is 1. The molecule has 2 aromatic rings. The predicted molar refractivity (Wildman–Crippen MR) is 104 cm³/mol. The number of anilines is 2. The number of hydrogen-bond acceptors (Lipinski definition) is 5. The Kier molecular flexibility index (Phi) is 5.71. The van der Waals surface area contributed by atoms with Crippen LogP contribution in [0.4, 0.5) is 11.5 Å². The minimum atomic E-state index is -0.153. The third-order valence-corrected chi connectivity index (χ3v) is 4.54. The second-order valence-electron chi connectivity index (χ2n) is 6.62. The third kappa shape index (κ3) is 4.25. The van der Waals surface area contributed by atoms with Gasteiger partial charge < -0.3 is 19.4 Å². The van der Waals surface area contributed by atoms with E-state index in [4.69, 9.17) is 4.74 Å². The maximum absolute atomic E-state index is 12.7. The fraction of sp³-hybridized carbons (Fsp3) is 0.350. The van der Waals surface area contributed by atoms with Gasteiger partial charge in [0.15, 0.2) is 0 Å². The van der Waals surface area contributed by atoms with Crippen LogP contribution in [-0.2, 0) is 4.74 Å². The average Bonchev–Trinajstić information content (AvgIpc) is 2.73. The molecule has 0 saturated carbocycles. The van der Waals surface area contributed by atoms with Gasteiger partial charge in [-0.3, -0.25) is 9.59 Å². The van der Waals surface area contributed by atoms with E-state index in [0.29, 0.717) is 30.0 Å². The lowest BCUT2D eigenvalue weighted by Gasteiger charge is -2.28. The van der Waals surface area contributed by atoms with Gasteiger partial charge in [-0.2, -0.15) is 0 Å². The van der Waals surface area contributed by atoms with Crippen molar-refractivity contribution in [3.63, 3.8) is 0 Å². The summed E-state index contributed by atoms with van der Waals surface area (Å²) in [4.78, 5) is 34.4. The molecule has 1 aliphatic heterocycles. The zero-order valence-corrected chi connectivity index (χ0v) is 15.9. The molecule has 2 heterocycles. The van der Waals surface area contributed by atoms with E-state index in [-0.39, 0.29) is 11.8 Å². The third-order valence-electron chi connectivity index (χ3n) is 4.54. The molecule has 0 radical (unpaired) electrons. The van der Waals surface area contributed by atoms with Crippen molar-refractivity contribution < 1.29 is 14.3 Å². The van der Waals surface area contributed by atoms with Crippen LogP contribution < -0.4 is 9.80 Å².